The molecule has 0 atom stereocenters. The average Bonchev–Trinajstić information content (AvgIpc) is 2.65. The van der Waals surface area contributed by atoms with Gasteiger partial charge in [-0.15, -0.1) is 0 Å². The SMILES string of the molecule is C=NNc1cccc(Nc2ccnc(Nc3cccc(CC(C)C)c3)n2)c1C. The molecule has 0 aliphatic heterocycles. The lowest BCUT2D eigenvalue weighted by Crippen LogP contribution is -2.02. The van der Waals surface area contributed by atoms with Crippen molar-refractivity contribution in [3.8, 4) is 0 Å². The van der Waals surface area contributed by atoms with Gasteiger partial charge in [0.2, 0.25) is 5.95 Å². The third-order valence-electron chi connectivity index (χ3n) is 4.28. The van der Waals surface area contributed by atoms with Gasteiger partial charge in [0, 0.05) is 24.3 Å². The molecule has 0 saturated heterocycles. The van der Waals surface area contributed by atoms with Crippen LogP contribution < -0.4 is 16.1 Å². The predicted octanol–water partition coefficient (Wildman–Crippen LogP) is 5.50. The Balaban J connectivity index is 1.76. The lowest BCUT2D eigenvalue weighted by Gasteiger charge is -2.13. The Morgan fingerprint density at radius 3 is 2.61 bits per heavy atom. The van der Waals surface area contributed by atoms with E-state index in [1.807, 2.05) is 37.3 Å². The standard InChI is InChI=1S/C22H26N6/c1-15(2)13-17-7-5-8-18(14-17)25-22-24-12-11-21(27-22)26-19-9-6-10-20(16(19)3)28-23-4/h5-12,14-15,28H,4,13H2,1-3H3,(H2,24,25,26,27). The lowest BCUT2D eigenvalue weighted by molar-refractivity contribution is 0.647. The van der Waals surface area contributed by atoms with E-state index < -0.39 is 0 Å². The van der Waals surface area contributed by atoms with Crippen molar-refractivity contribution in [1.82, 2.24) is 9.97 Å². The van der Waals surface area contributed by atoms with Crippen LogP contribution in [0.2, 0.25) is 0 Å². The number of benzene rings is 2. The van der Waals surface area contributed by atoms with Gasteiger partial charge in [-0.25, -0.2) is 4.98 Å². The number of hydrazone groups is 1. The van der Waals surface area contributed by atoms with Gasteiger partial charge in [-0.2, -0.15) is 10.1 Å². The summed E-state index contributed by atoms with van der Waals surface area (Å²) >= 11 is 0. The number of hydrogen-bond acceptors (Lipinski definition) is 6. The van der Waals surface area contributed by atoms with Crippen LogP contribution in [-0.4, -0.2) is 16.7 Å². The highest BCUT2D eigenvalue weighted by atomic mass is 15.3. The van der Waals surface area contributed by atoms with E-state index in [9.17, 15) is 0 Å². The van der Waals surface area contributed by atoms with Crippen molar-refractivity contribution in [2.24, 2.45) is 11.0 Å². The number of anilines is 5. The van der Waals surface area contributed by atoms with Crippen molar-refractivity contribution in [1.29, 1.82) is 0 Å². The molecule has 0 bridgehead atoms. The summed E-state index contributed by atoms with van der Waals surface area (Å²) in [5.74, 6) is 1.87. The van der Waals surface area contributed by atoms with Crippen LogP contribution in [0.4, 0.5) is 28.8 Å². The van der Waals surface area contributed by atoms with Crippen LogP contribution in [0, 0.1) is 12.8 Å². The van der Waals surface area contributed by atoms with Gasteiger partial charge < -0.3 is 10.6 Å². The first-order chi connectivity index (χ1) is 13.5. The second kappa shape index (κ2) is 8.99. The van der Waals surface area contributed by atoms with Crippen LogP contribution in [0.3, 0.4) is 0 Å². The summed E-state index contributed by atoms with van der Waals surface area (Å²) in [4.78, 5) is 8.92. The molecule has 0 saturated carbocycles. The minimum absolute atomic E-state index is 0.548. The Bertz CT molecular complexity index is 951. The van der Waals surface area contributed by atoms with Gasteiger partial charge in [0.05, 0.1) is 5.69 Å². The molecule has 28 heavy (non-hydrogen) atoms. The van der Waals surface area contributed by atoms with E-state index in [0.717, 1.165) is 29.0 Å². The maximum atomic E-state index is 4.58. The normalized spacial score (nSPS) is 10.6. The molecule has 0 amide bonds. The van der Waals surface area contributed by atoms with Crippen molar-refractivity contribution in [3.63, 3.8) is 0 Å². The van der Waals surface area contributed by atoms with Crippen LogP contribution in [0.25, 0.3) is 0 Å². The zero-order valence-corrected chi connectivity index (χ0v) is 16.5. The Morgan fingerprint density at radius 1 is 1.04 bits per heavy atom. The summed E-state index contributed by atoms with van der Waals surface area (Å²) < 4.78 is 0. The molecule has 0 fully saturated rings. The summed E-state index contributed by atoms with van der Waals surface area (Å²) in [6.45, 7) is 9.92. The maximum absolute atomic E-state index is 4.58. The summed E-state index contributed by atoms with van der Waals surface area (Å²) in [6, 6.07) is 16.1. The average molecular weight is 374 g/mol. The Hall–Kier alpha value is -3.41. The van der Waals surface area contributed by atoms with Crippen molar-refractivity contribution in [2.75, 3.05) is 16.1 Å². The lowest BCUT2D eigenvalue weighted by atomic mass is 10.0. The fraction of sp³-hybridized carbons (Fsp3) is 0.227. The van der Waals surface area contributed by atoms with E-state index in [1.165, 1.54) is 5.56 Å². The molecule has 2 aromatic carbocycles. The minimum atomic E-state index is 0.548. The molecule has 0 aliphatic carbocycles. The van der Waals surface area contributed by atoms with Crippen molar-refractivity contribution < 1.29 is 0 Å². The van der Waals surface area contributed by atoms with Crippen molar-refractivity contribution >= 4 is 35.5 Å². The third kappa shape index (κ3) is 5.07. The van der Waals surface area contributed by atoms with Gasteiger partial charge in [0.1, 0.15) is 5.82 Å². The molecule has 0 radical (unpaired) electrons. The molecule has 0 aliphatic rings. The first kappa shape index (κ1) is 19.4. The van der Waals surface area contributed by atoms with Crippen molar-refractivity contribution in [2.45, 2.75) is 27.2 Å². The highest BCUT2D eigenvalue weighted by Crippen LogP contribution is 2.26. The second-order valence-corrected chi connectivity index (χ2v) is 7.06. The molecule has 6 nitrogen and oxygen atoms in total. The van der Waals surface area contributed by atoms with Gasteiger partial charge in [0.15, 0.2) is 0 Å². The largest absolute Gasteiger partial charge is 0.340 e. The van der Waals surface area contributed by atoms with Gasteiger partial charge in [-0.05, 0) is 60.7 Å². The monoisotopic (exact) mass is 374 g/mol. The molecule has 0 unspecified atom stereocenters. The zero-order chi connectivity index (χ0) is 19.9. The minimum Gasteiger partial charge on any atom is -0.340 e. The first-order valence-electron chi connectivity index (χ1n) is 9.32. The highest BCUT2D eigenvalue weighted by molar-refractivity contribution is 5.69. The number of aromatic nitrogens is 2. The van der Waals surface area contributed by atoms with E-state index in [4.69, 9.17) is 0 Å². The summed E-state index contributed by atoms with van der Waals surface area (Å²) in [5.41, 5.74) is 8.04. The third-order valence-corrected chi connectivity index (χ3v) is 4.28. The van der Waals surface area contributed by atoms with E-state index >= 15 is 0 Å². The number of rotatable bonds is 8. The topological polar surface area (TPSA) is 74.2 Å². The Morgan fingerprint density at radius 2 is 1.82 bits per heavy atom. The molecule has 1 aromatic heterocycles. The van der Waals surface area contributed by atoms with Crippen LogP contribution >= 0.6 is 0 Å². The van der Waals surface area contributed by atoms with Crippen LogP contribution in [-0.2, 0) is 6.42 Å². The summed E-state index contributed by atoms with van der Waals surface area (Å²) in [6.07, 6.45) is 2.78. The molecule has 1 heterocycles. The number of nitrogens with one attached hydrogen (secondary N) is 3. The Kier molecular flexibility index (Phi) is 6.22. The van der Waals surface area contributed by atoms with Gasteiger partial charge in [0.25, 0.3) is 0 Å². The fourth-order valence-corrected chi connectivity index (χ4v) is 2.98. The van der Waals surface area contributed by atoms with Gasteiger partial charge >= 0.3 is 0 Å². The Labute approximate surface area is 166 Å². The first-order valence-corrected chi connectivity index (χ1v) is 9.32. The maximum Gasteiger partial charge on any atom is 0.229 e. The summed E-state index contributed by atoms with van der Waals surface area (Å²) in [7, 11) is 0. The van der Waals surface area contributed by atoms with Crippen LogP contribution in [0.5, 0.6) is 0 Å². The van der Waals surface area contributed by atoms with E-state index in [1.54, 1.807) is 6.20 Å². The van der Waals surface area contributed by atoms with E-state index in [2.05, 4.69) is 69.9 Å². The predicted molar refractivity (Wildman–Crippen MR) is 118 cm³/mol. The number of nitrogens with zero attached hydrogens (tertiary/aromatic N) is 3. The molecule has 3 rings (SSSR count). The molecule has 3 N–H and O–H groups in total. The quantitative estimate of drug-likeness (QED) is 0.359. The molecular weight excluding hydrogens is 348 g/mol. The van der Waals surface area contributed by atoms with Crippen LogP contribution in [0.15, 0.2) is 59.8 Å². The molecule has 6 heteroatoms. The molecular formula is C22H26N6. The molecule has 144 valence electrons. The van der Waals surface area contributed by atoms with Crippen LogP contribution in [0.1, 0.15) is 25.0 Å². The van der Waals surface area contributed by atoms with Gasteiger partial charge in [-0.3, -0.25) is 5.43 Å². The smallest absolute Gasteiger partial charge is 0.229 e. The van der Waals surface area contributed by atoms with E-state index in [-0.39, 0.29) is 0 Å². The molecule has 3 aromatic rings. The van der Waals surface area contributed by atoms with E-state index in [0.29, 0.717) is 17.7 Å². The number of hydrogen-bond donors (Lipinski definition) is 3. The molecule has 0 spiro atoms. The zero-order valence-electron chi connectivity index (χ0n) is 16.5. The van der Waals surface area contributed by atoms with Gasteiger partial charge in [-0.1, -0.05) is 32.0 Å². The summed E-state index contributed by atoms with van der Waals surface area (Å²) in [5, 5.41) is 10.4. The highest BCUT2D eigenvalue weighted by Gasteiger charge is 2.06. The van der Waals surface area contributed by atoms with Crippen molar-refractivity contribution in [3.05, 3.63) is 65.9 Å². The second-order valence-electron chi connectivity index (χ2n) is 7.06. The fourth-order valence-electron chi connectivity index (χ4n) is 2.98.